The molecule has 0 radical (unpaired) electrons. The van der Waals surface area contributed by atoms with Gasteiger partial charge in [-0.2, -0.15) is 0 Å². The van der Waals surface area contributed by atoms with Crippen LogP contribution < -0.4 is 5.69 Å². The van der Waals surface area contributed by atoms with Crippen molar-refractivity contribution in [2.24, 2.45) is 0 Å². The number of amides is 2. The van der Waals surface area contributed by atoms with Gasteiger partial charge in [-0.1, -0.05) is 18.7 Å². The third kappa shape index (κ3) is 2.98. The molecule has 19 heavy (non-hydrogen) atoms. The van der Waals surface area contributed by atoms with E-state index in [9.17, 15) is 14.4 Å². The fraction of sp³-hybridized carbons (Fsp3) is 0.600. The van der Waals surface area contributed by atoms with Crippen molar-refractivity contribution in [2.75, 3.05) is 18.9 Å². The maximum absolute atomic E-state index is 11.8. The first-order valence-corrected chi connectivity index (χ1v) is 6.87. The van der Waals surface area contributed by atoms with E-state index in [-0.39, 0.29) is 30.5 Å². The number of hydrogen-bond acceptors (Lipinski definition) is 6. The number of thioether (sulfide) groups is 1. The SMILES string of the molecule is CCCn1c(SCC(=O)N2CCOC2=O)n[nH]c1=O. The van der Waals surface area contributed by atoms with Gasteiger partial charge in [-0.15, -0.1) is 5.10 Å². The third-order valence-electron chi connectivity index (χ3n) is 2.56. The molecule has 9 heteroatoms. The second-order valence-electron chi connectivity index (χ2n) is 3.91. The fourth-order valence-corrected chi connectivity index (χ4v) is 2.51. The summed E-state index contributed by atoms with van der Waals surface area (Å²) in [7, 11) is 0. The van der Waals surface area contributed by atoms with E-state index in [1.807, 2.05) is 6.92 Å². The molecule has 2 heterocycles. The minimum Gasteiger partial charge on any atom is -0.447 e. The number of nitrogens with zero attached hydrogens (tertiary/aromatic N) is 3. The summed E-state index contributed by atoms with van der Waals surface area (Å²) in [4.78, 5) is 35.5. The van der Waals surface area contributed by atoms with Crippen LogP contribution in [0.5, 0.6) is 0 Å². The molecule has 1 N–H and O–H groups in total. The fourth-order valence-electron chi connectivity index (χ4n) is 1.66. The van der Waals surface area contributed by atoms with Crippen LogP contribution in [0.2, 0.25) is 0 Å². The lowest BCUT2D eigenvalue weighted by Crippen LogP contribution is -2.33. The van der Waals surface area contributed by atoms with Gasteiger partial charge in [-0.3, -0.25) is 9.36 Å². The summed E-state index contributed by atoms with van der Waals surface area (Å²) in [6.45, 7) is 3.00. The molecule has 0 bridgehead atoms. The lowest BCUT2D eigenvalue weighted by Gasteiger charge is -2.09. The van der Waals surface area contributed by atoms with Crippen LogP contribution in [0, 0.1) is 0 Å². The lowest BCUT2D eigenvalue weighted by atomic mass is 10.5. The maximum Gasteiger partial charge on any atom is 0.416 e. The molecule has 104 valence electrons. The van der Waals surface area contributed by atoms with Crippen molar-refractivity contribution in [1.29, 1.82) is 0 Å². The molecule has 8 nitrogen and oxygen atoms in total. The Morgan fingerprint density at radius 2 is 2.32 bits per heavy atom. The standard InChI is InChI=1S/C10H14N4O4S/c1-2-3-14-8(16)11-12-9(14)19-6-7(15)13-4-5-18-10(13)17/h2-6H2,1H3,(H,11,16). The zero-order valence-corrected chi connectivity index (χ0v) is 11.2. The zero-order chi connectivity index (χ0) is 13.8. The molecule has 0 aromatic carbocycles. The number of hydrogen-bond donors (Lipinski definition) is 1. The van der Waals surface area contributed by atoms with Crippen LogP contribution in [0.1, 0.15) is 13.3 Å². The molecule has 1 aromatic heterocycles. The number of rotatable bonds is 5. The Bertz CT molecular complexity index is 538. The van der Waals surface area contributed by atoms with Gasteiger partial charge < -0.3 is 4.74 Å². The van der Waals surface area contributed by atoms with Crippen molar-refractivity contribution in [3.8, 4) is 0 Å². The number of carbonyl (C=O) groups excluding carboxylic acids is 2. The quantitative estimate of drug-likeness (QED) is 0.768. The smallest absolute Gasteiger partial charge is 0.416 e. The Balaban J connectivity index is 1.97. The molecule has 1 aliphatic rings. The Morgan fingerprint density at radius 3 is 2.95 bits per heavy atom. The van der Waals surface area contributed by atoms with E-state index >= 15 is 0 Å². The van der Waals surface area contributed by atoms with E-state index in [0.29, 0.717) is 11.7 Å². The maximum atomic E-state index is 11.8. The van der Waals surface area contributed by atoms with Crippen LogP contribution in [-0.2, 0) is 16.1 Å². The van der Waals surface area contributed by atoms with Crippen LogP contribution in [0.4, 0.5) is 4.79 Å². The minimum atomic E-state index is -0.612. The van der Waals surface area contributed by atoms with Gasteiger partial charge in [0.05, 0.1) is 12.3 Å². The van der Waals surface area contributed by atoms with Crippen molar-refractivity contribution >= 4 is 23.8 Å². The van der Waals surface area contributed by atoms with E-state index in [4.69, 9.17) is 0 Å². The van der Waals surface area contributed by atoms with Gasteiger partial charge in [0, 0.05) is 6.54 Å². The molecular weight excluding hydrogens is 272 g/mol. The zero-order valence-electron chi connectivity index (χ0n) is 10.4. The lowest BCUT2D eigenvalue weighted by molar-refractivity contribution is -0.125. The summed E-state index contributed by atoms with van der Waals surface area (Å²) in [5, 5.41) is 6.65. The Morgan fingerprint density at radius 1 is 1.53 bits per heavy atom. The van der Waals surface area contributed by atoms with Gasteiger partial charge in [0.1, 0.15) is 6.61 Å². The summed E-state index contributed by atoms with van der Waals surface area (Å²) in [6, 6.07) is 0. The normalized spacial score (nSPS) is 14.8. The van der Waals surface area contributed by atoms with Crippen LogP contribution in [0.3, 0.4) is 0 Å². The number of cyclic esters (lactones) is 1. The number of imide groups is 1. The van der Waals surface area contributed by atoms with Crippen molar-refractivity contribution in [3.63, 3.8) is 0 Å². The summed E-state index contributed by atoms with van der Waals surface area (Å²) in [6.07, 6.45) is 0.179. The summed E-state index contributed by atoms with van der Waals surface area (Å²) >= 11 is 1.13. The molecule has 0 aliphatic carbocycles. The van der Waals surface area contributed by atoms with Gasteiger partial charge in [0.25, 0.3) is 0 Å². The number of H-pyrrole nitrogens is 1. The van der Waals surface area contributed by atoms with Crippen molar-refractivity contribution in [1.82, 2.24) is 19.7 Å². The Labute approximate surface area is 113 Å². The summed E-state index contributed by atoms with van der Waals surface area (Å²) < 4.78 is 6.16. The number of nitrogens with one attached hydrogen (secondary N) is 1. The molecule has 1 fully saturated rings. The average Bonchev–Trinajstić information content (AvgIpc) is 2.95. The van der Waals surface area contributed by atoms with Crippen LogP contribution >= 0.6 is 11.8 Å². The molecule has 1 aromatic rings. The van der Waals surface area contributed by atoms with Gasteiger partial charge in [0.15, 0.2) is 5.16 Å². The van der Waals surface area contributed by atoms with Crippen LogP contribution in [0.15, 0.2) is 9.95 Å². The van der Waals surface area contributed by atoms with E-state index < -0.39 is 6.09 Å². The van der Waals surface area contributed by atoms with Crippen molar-refractivity contribution < 1.29 is 14.3 Å². The van der Waals surface area contributed by atoms with Crippen LogP contribution in [-0.4, -0.2) is 50.6 Å². The van der Waals surface area contributed by atoms with Crippen molar-refractivity contribution in [2.45, 2.75) is 25.0 Å². The second-order valence-corrected chi connectivity index (χ2v) is 4.85. The van der Waals surface area contributed by atoms with Crippen LogP contribution in [0.25, 0.3) is 0 Å². The van der Waals surface area contributed by atoms with Gasteiger partial charge >= 0.3 is 11.8 Å². The molecular formula is C10H14N4O4S. The molecule has 0 atom stereocenters. The Kier molecular flexibility index (Phi) is 4.25. The molecule has 1 aliphatic heterocycles. The predicted octanol–water partition coefficient (Wildman–Crippen LogP) is 0.0523. The first-order valence-electron chi connectivity index (χ1n) is 5.88. The van der Waals surface area contributed by atoms with Gasteiger partial charge in [0.2, 0.25) is 5.91 Å². The number of carbonyl (C=O) groups is 2. The topological polar surface area (TPSA) is 97.3 Å². The molecule has 0 saturated carbocycles. The van der Waals surface area contributed by atoms with E-state index in [1.165, 1.54) is 4.57 Å². The minimum absolute atomic E-state index is 0.0447. The molecule has 1 saturated heterocycles. The van der Waals surface area contributed by atoms with Gasteiger partial charge in [-0.05, 0) is 6.42 Å². The number of ether oxygens (including phenoxy) is 1. The van der Waals surface area contributed by atoms with E-state index in [1.54, 1.807) is 0 Å². The first-order chi connectivity index (χ1) is 9.13. The molecule has 0 spiro atoms. The molecule has 0 unspecified atom stereocenters. The Hall–Kier alpha value is -1.77. The highest BCUT2D eigenvalue weighted by molar-refractivity contribution is 7.99. The van der Waals surface area contributed by atoms with Crippen molar-refractivity contribution in [3.05, 3.63) is 10.5 Å². The third-order valence-corrected chi connectivity index (χ3v) is 3.52. The summed E-state index contributed by atoms with van der Waals surface area (Å²) in [5.41, 5.74) is -0.294. The van der Waals surface area contributed by atoms with Gasteiger partial charge in [-0.25, -0.2) is 19.6 Å². The highest BCUT2D eigenvalue weighted by atomic mass is 32.2. The predicted molar refractivity (Wildman–Crippen MR) is 66.9 cm³/mol. The molecule has 2 amide bonds. The highest BCUT2D eigenvalue weighted by Crippen LogP contribution is 2.15. The average molecular weight is 286 g/mol. The number of aromatic amines is 1. The first kappa shape index (κ1) is 13.7. The molecule has 2 rings (SSSR count). The monoisotopic (exact) mass is 286 g/mol. The number of aromatic nitrogens is 3. The second kappa shape index (κ2) is 5.91. The summed E-state index contributed by atoms with van der Waals surface area (Å²) in [5.74, 6) is -0.297. The largest absolute Gasteiger partial charge is 0.447 e. The highest BCUT2D eigenvalue weighted by Gasteiger charge is 2.28. The van der Waals surface area contributed by atoms with E-state index in [2.05, 4.69) is 14.9 Å². The van der Waals surface area contributed by atoms with E-state index in [0.717, 1.165) is 23.1 Å².